The minimum atomic E-state index is -4.18. The topological polar surface area (TPSA) is 53.3 Å². The number of aromatic nitrogens is 2. The monoisotopic (exact) mass is 314 g/mol. The first-order valence-electron chi connectivity index (χ1n) is 7.18. The summed E-state index contributed by atoms with van der Waals surface area (Å²) < 4.78 is 39.5. The van der Waals surface area contributed by atoms with Crippen molar-refractivity contribution in [2.45, 2.75) is 25.1 Å². The van der Waals surface area contributed by atoms with Crippen molar-refractivity contribution in [3.63, 3.8) is 0 Å². The number of nitrogens with one attached hydrogen (secondary N) is 1. The normalized spacial score (nSPS) is 19.9. The van der Waals surface area contributed by atoms with Gasteiger partial charge in [0.15, 0.2) is 0 Å². The number of fused-ring (bicyclic) bond motifs is 1. The van der Waals surface area contributed by atoms with E-state index in [4.69, 9.17) is 0 Å². The molecule has 0 bridgehead atoms. The fourth-order valence-corrected chi connectivity index (χ4v) is 2.90. The fraction of sp³-hybridized carbons (Fsp3) is 0.500. The maximum atomic E-state index is 12.8. The number of rotatable bonds is 4. The zero-order chi connectivity index (χ0) is 15.7. The van der Waals surface area contributed by atoms with Crippen molar-refractivity contribution >= 4 is 17.0 Å². The summed E-state index contributed by atoms with van der Waals surface area (Å²) in [6, 6.07) is 5.69. The molecule has 1 saturated heterocycles. The Hall–Kier alpha value is -1.96. The molecule has 120 valence electrons. The first kappa shape index (κ1) is 15.0. The van der Waals surface area contributed by atoms with Gasteiger partial charge in [-0.05, 0) is 31.5 Å². The number of halogens is 3. The minimum Gasteiger partial charge on any atom is -0.425 e. The predicted octanol–water partition coefficient (Wildman–Crippen LogP) is 2.71. The molecule has 1 aliphatic heterocycles. The molecule has 1 fully saturated rings. The van der Waals surface area contributed by atoms with Crippen LogP contribution in [0.4, 0.5) is 19.1 Å². The molecule has 1 unspecified atom stereocenters. The lowest BCUT2D eigenvalue weighted by Crippen LogP contribution is -2.43. The first-order valence-corrected chi connectivity index (χ1v) is 7.18. The molecular weight excluding hydrogens is 297 g/mol. The Bertz CT molecular complexity index is 655. The minimum absolute atomic E-state index is 0.155. The Balaban J connectivity index is 1.61. The van der Waals surface area contributed by atoms with Crippen LogP contribution in [0.5, 0.6) is 0 Å². The third-order valence-corrected chi connectivity index (χ3v) is 3.96. The van der Waals surface area contributed by atoms with E-state index in [1.54, 1.807) is 24.3 Å². The predicted molar refractivity (Wildman–Crippen MR) is 76.1 cm³/mol. The molecular formula is C14H17F3N4O. The van der Waals surface area contributed by atoms with Crippen LogP contribution in [-0.2, 0) is 0 Å². The van der Waals surface area contributed by atoms with E-state index in [1.807, 2.05) is 0 Å². The van der Waals surface area contributed by atoms with Crippen LogP contribution in [0.2, 0.25) is 0 Å². The number of hydrogen-bond donors (Lipinski definition) is 2. The maximum Gasteiger partial charge on any atom is 0.404 e. The van der Waals surface area contributed by atoms with Crippen molar-refractivity contribution in [2.24, 2.45) is 0 Å². The molecule has 2 aromatic rings. The zero-order valence-corrected chi connectivity index (χ0v) is 11.8. The highest BCUT2D eigenvalue weighted by molar-refractivity contribution is 5.77. The Kier molecular flexibility index (Phi) is 3.86. The molecule has 8 heteroatoms. The summed E-state index contributed by atoms with van der Waals surface area (Å²) in [7, 11) is 0. The SMILES string of the molecule is On1c(NCCN2CCCC2C(F)(F)F)nc2ccccc21. The molecule has 22 heavy (non-hydrogen) atoms. The van der Waals surface area contributed by atoms with Gasteiger partial charge in [0.25, 0.3) is 0 Å². The molecule has 2 heterocycles. The van der Waals surface area contributed by atoms with Crippen molar-refractivity contribution in [2.75, 3.05) is 25.0 Å². The van der Waals surface area contributed by atoms with Gasteiger partial charge in [-0.25, -0.2) is 4.98 Å². The highest BCUT2D eigenvalue weighted by Gasteiger charge is 2.45. The summed E-state index contributed by atoms with van der Waals surface area (Å²) >= 11 is 0. The number of benzene rings is 1. The molecule has 0 amide bonds. The molecule has 2 N–H and O–H groups in total. The second-order valence-corrected chi connectivity index (χ2v) is 5.40. The third-order valence-electron chi connectivity index (χ3n) is 3.96. The Morgan fingerprint density at radius 2 is 2.09 bits per heavy atom. The van der Waals surface area contributed by atoms with Crippen molar-refractivity contribution in [1.82, 2.24) is 14.6 Å². The lowest BCUT2D eigenvalue weighted by Gasteiger charge is -2.26. The quantitative estimate of drug-likeness (QED) is 0.852. The standard InChI is InChI=1S/C14H17F3N4O/c15-14(16,17)12-6-3-8-20(12)9-7-18-13-19-10-4-1-2-5-11(10)21(13)22/h1-2,4-5,12,22H,3,6-9H2,(H,18,19). The first-order chi connectivity index (χ1) is 10.5. The van der Waals surface area contributed by atoms with Crippen LogP contribution in [0.15, 0.2) is 24.3 Å². The number of anilines is 1. The highest BCUT2D eigenvalue weighted by Crippen LogP contribution is 2.32. The molecule has 1 aromatic carbocycles. The van der Waals surface area contributed by atoms with E-state index in [0.29, 0.717) is 24.0 Å². The largest absolute Gasteiger partial charge is 0.425 e. The number of nitrogens with zero attached hydrogens (tertiary/aromatic N) is 3. The number of likely N-dealkylation sites (tertiary alicyclic amines) is 1. The summed E-state index contributed by atoms with van der Waals surface area (Å²) in [5, 5.41) is 12.9. The molecule has 1 aliphatic rings. The van der Waals surface area contributed by atoms with E-state index in [1.165, 1.54) is 4.90 Å². The van der Waals surface area contributed by atoms with Crippen molar-refractivity contribution in [3.8, 4) is 0 Å². The average Bonchev–Trinajstić information content (AvgIpc) is 3.05. The van der Waals surface area contributed by atoms with Gasteiger partial charge >= 0.3 is 6.18 Å². The molecule has 0 aliphatic carbocycles. The van der Waals surface area contributed by atoms with Gasteiger partial charge in [-0.1, -0.05) is 12.1 Å². The van der Waals surface area contributed by atoms with E-state index in [2.05, 4.69) is 10.3 Å². The van der Waals surface area contributed by atoms with Crippen LogP contribution >= 0.6 is 0 Å². The third kappa shape index (κ3) is 2.83. The average molecular weight is 314 g/mol. The van der Waals surface area contributed by atoms with Crippen LogP contribution in [0.1, 0.15) is 12.8 Å². The van der Waals surface area contributed by atoms with Crippen molar-refractivity contribution < 1.29 is 18.4 Å². The van der Waals surface area contributed by atoms with Crippen LogP contribution < -0.4 is 5.32 Å². The van der Waals surface area contributed by atoms with Gasteiger partial charge in [0, 0.05) is 13.1 Å². The summed E-state index contributed by atoms with van der Waals surface area (Å²) in [5.74, 6) is 0.240. The highest BCUT2D eigenvalue weighted by atomic mass is 19.4. The molecule has 3 rings (SSSR count). The van der Waals surface area contributed by atoms with Crippen LogP contribution in [0, 0.1) is 0 Å². The van der Waals surface area contributed by atoms with E-state index in [-0.39, 0.29) is 25.5 Å². The molecule has 0 saturated carbocycles. The van der Waals surface area contributed by atoms with Gasteiger partial charge in [0.05, 0.1) is 5.52 Å². The lowest BCUT2D eigenvalue weighted by molar-refractivity contribution is -0.175. The number of para-hydroxylation sites is 2. The van der Waals surface area contributed by atoms with Crippen molar-refractivity contribution in [1.29, 1.82) is 0 Å². The van der Waals surface area contributed by atoms with Gasteiger partial charge in [0.1, 0.15) is 11.6 Å². The zero-order valence-electron chi connectivity index (χ0n) is 11.8. The van der Waals surface area contributed by atoms with Gasteiger partial charge < -0.3 is 10.5 Å². The Labute approximate surface area is 125 Å². The lowest BCUT2D eigenvalue weighted by atomic mass is 10.2. The molecule has 1 atom stereocenters. The fourth-order valence-electron chi connectivity index (χ4n) is 2.90. The van der Waals surface area contributed by atoms with E-state index in [0.717, 1.165) is 4.73 Å². The van der Waals surface area contributed by atoms with Gasteiger partial charge in [-0.3, -0.25) is 4.90 Å². The summed E-state index contributed by atoms with van der Waals surface area (Å²) in [6.07, 6.45) is -3.47. The second-order valence-electron chi connectivity index (χ2n) is 5.40. The molecule has 0 radical (unpaired) electrons. The van der Waals surface area contributed by atoms with E-state index in [9.17, 15) is 18.4 Å². The Morgan fingerprint density at radius 1 is 1.32 bits per heavy atom. The summed E-state index contributed by atoms with van der Waals surface area (Å²) in [6.45, 7) is 0.991. The molecule has 5 nitrogen and oxygen atoms in total. The van der Waals surface area contributed by atoms with Gasteiger partial charge in [0.2, 0.25) is 5.95 Å². The number of alkyl halides is 3. The summed E-state index contributed by atoms with van der Waals surface area (Å²) in [5.41, 5.74) is 1.18. The van der Waals surface area contributed by atoms with Gasteiger partial charge in [-0.15, -0.1) is 4.73 Å². The molecule has 1 aromatic heterocycles. The second kappa shape index (κ2) is 5.68. The maximum absolute atomic E-state index is 12.8. The van der Waals surface area contributed by atoms with Crippen LogP contribution in [-0.4, -0.2) is 51.7 Å². The van der Waals surface area contributed by atoms with Crippen LogP contribution in [0.25, 0.3) is 11.0 Å². The molecule has 0 spiro atoms. The van der Waals surface area contributed by atoms with Crippen LogP contribution in [0.3, 0.4) is 0 Å². The number of imidazole rings is 1. The van der Waals surface area contributed by atoms with Crippen molar-refractivity contribution in [3.05, 3.63) is 24.3 Å². The number of hydrogen-bond acceptors (Lipinski definition) is 4. The Morgan fingerprint density at radius 3 is 2.82 bits per heavy atom. The van der Waals surface area contributed by atoms with E-state index >= 15 is 0 Å². The summed E-state index contributed by atoms with van der Waals surface area (Å²) in [4.78, 5) is 5.63. The van der Waals surface area contributed by atoms with E-state index < -0.39 is 12.2 Å². The smallest absolute Gasteiger partial charge is 0.404 e. The van der Waals surface area contributed by atoms with Gasteiger partial charge in [-0.2, -0.15) is 13.2 Å².